The zero-order valence-electron chi connectivity index (χ0n) is 11.3. The van der Waals surface area contributed by atoms with Crippen LogP contribution in [0.3, 0.4) is 0 Å². The Labute approximate surface area is 104 Å². The number of furan rings is 1. The monoisotopic (exact) mass is 237 g/mol. The maximum absolute atomic E-state index is 11.2. The molecule has 0 aliphatic carbocycles. The number of Topliss-reactive ketones (excluding diaryl/α,β-unsaturated/α-hetero) is 1. The number of carbonyl (C=O) groups excluding carboxylic acids is 1. The van der Waals surface area contributed by atoms with Crippen LogP contribution in [0.25, 0.3) is 0 Å². The van der Waals surface area contributed by atoms with Crippen LogP contribution in [0.5, 0.6) is 0 Å². The van der Waals surface area contributed by atoms with Crippen molar-refractivity contribution in [1.82, 2.24) is 0 Å². The van der Waals surface area contributed by atoms with Gasteiger partial charge in [-0.1, -0.05) is 26.7 Å². The summed E-state index contributed by atoms with van der Waals surface area (Å²) < 4.78 is 5.56. The summed E-state index contributed by atoms with van der Waals surface area (Å²) in [4.78, 5) is 13.4. The first-order valence-electron chi connectivity index (χ1n) is 6.48. The van der Waals surface area contributed by atoms with Gasteiger partial charge in [-0.15, -0.1) is 0 Å². The zero-order valence-corrected chi connectivity index (χ0v) is 11.3. The maximum Gasteiger partial charge on any atom is 0.196 e. The lowest BCUT2D eigenvalue weighted by molar-refractivity contribution is 0.0987. The second-order valence-corrected chi connectivity index (χ2v) is 4.42. The summed E-state index contributed by atoms with van der Waals surface area (Å²) in [5.41, 5.74) is 0. The summed E-state index contributed by atoms with van der Waals surface area (Å²) >= 11 is 0. The quantitative estimate of drug-likeness (QED) is 0.677. The van der Waals surface area contributed by atoms with E-state index in [1.165, 1.54) is 19.8 Å². The van der Waals surface area contributed by atoms with Gasteiger partial charge in [-0.3, -0.25) is 4.79 Å². The summed E-state index contributed by atoms with van der Waals surface area (Å²) in [6, 6.07) is 3.65. The minimum absolute atomic E-state index is 0.0187. The van der Waals surface area contributed by atoms with Gasteiger partial charge >= 0.3 is 0 Å². The van der Waals surface area contributed by atoms with Gasteiger partial charge in [-0.05, 0) is 18.9 Å². The van der Waals surface area contributed by atoms with Gasteiger partial charge in [0.2, 0.25) is 0 Å². The Kier molecular flexibility index (Phi) is 5.26. The van der Waals surface area contributed by atoms with Gasteiger partial charge in [-0.25, -0.2) is 0 Å². The van der Waals surface area contributed by atoms with Crippen LogP contribution in [0.15, 0.2) is 16.5 Å². The molecule has 0 aliphatic rings. The van der Waals surface area contributed by atoms with E-state index in [2.05, 4.69) is 25.7 Å². The molecule has 0 aliphatic heterocycles. The van der Waals surface area contributed by atoms with Crippen molar-refractivity contribution < 1.29 is 9.21 Å². The molecule has 1 rings (SSSR count). The van der Waals surface area contributed by atoms with E-state index in [4.69, 9.17) is 4.42 Å². The molecular formula is C14H23NO2. The molecule has 0 amide bonds. The van der Waals surface area contributed by atoms with E-state index < -0.39 is 0 Å². The number of rotatable bonds is 7. The minimum Gasteiger partial charge on any atom is -0.437 e. The Hall–Kier alpha value is -1.25. The summed E-state index contributed by atoms with van der Waals surface area (Å²) in [7, 11) is 0. The molecule has 0 aromatic carbocycles. The van der Waals surface area contributed by atoms with E-state index >= 15 is 0 Å². The van der Waals surface area contributed by atoms with E-state index in [1.54, 1.807) is 6.07 Å². The van der Waals surface area contributed by atoms with E-state index in [-0.39, 0.29) is 5.78 Å². The van der Waals surface area contributed by atoms with E-state index in [1.807, 2.05) is 6.07 Å². The molecule has 96 valence electrons. The largest absolute Gasteiger partial charge is 0.437 e. The predicted octanol–water partition coefficient (Wildman–Crippen LogP) is 3.74. The number of hydrogen-bond donors (Lipinski definition) is 0. The summed E-state index contributed by atoms with van der Waals surface area (Å²) in [6.45, 7) is 9.96. The van der Waals surface area contributed by atoms with Crippen LogP contribution in [0.4, 0.5) is 5.88 Å². The zero-order chi connectivity index (χ0) is 12.8. The molecule has 3 nitrogen and oxygen atoms in total. The Balaban J connectivity index is 2.75. The summed E-state index contributed by atoms with van der Waals surface area (Å²) in [5.74, 6) is 1.92. The molecule has 0 atom stereocenters. The summed E-state index contributed by atoms with van der Waals surface area (Å²) in [6.07, 6.45) is 2.35. The molecule has 3 heteroatoms. The van der Waals surface area contributed by atoms with E-state index in [9.17, 15) is 4.79 Å². The lowest BCUT2D eigenvalue weighted by Crippen LogP contribution is -2.28. The molecule has 0 saturated carbocycles. The average Bonchev–Trinajstić information content (AvgIpc) is 2.80. The van der Waals surface area contributed by atoms with Gasteiger partial charge in [0.25, 0.3) is 0 Å². The third-order valence-electron chi connectivity index (χ3n) is 3.27. The smallest absolute Gasteiger partial charge is 0.196 e. The molecule has 0 radical (unpaired) electrons. The van der Waals surface area contributed by atoms with Crippen LogP contribution in [0, 0.1) is 5.92 Å². The first-order valence-corrected chi connectivity index (χ1v) is 6.48. The second kappa shape index (κ2) is 6.48. The van der Waals surface area contributed by atoms with Gasteiger partial charge in [0.15, 0.2) is 17.4 Å². The highest BCUT2D eigenvalue weighted by atomic mass is 16.4. The van der Waals surface area contributed by atoms with Crippen molar-refractivity contribution in [2.45, 2.75) is 40.5 Å². The van der Waals surface area contributed by atoms with Crippen molar-refractivity contribution in [2.24, 2.45) is 5.92 Å². The van der Waals surface area contributed by atoms with Gasteiger partial charge in [-0.2, -0.15) is 0 Å². The molecular weight excluding hydrogens is 214 g/mol. The van der Waals surface area contributed by atoms with Crippen molar-refractivity contribution >= 4 is 11.7 Å². The van der Waals surface area contributed by atoms with E-state index in [0.717, 1.165) is 19.0 Å². The van der Waals surface area contributed by atoms with Crippen LogP contribution in [-0.4, -0.2) is 18.9 Å². The highest BCUT2D eigenvalue weighted by molar-refractivity contribution is 5.91. The van der Waals surface area contributed by atoms with Crippen molar-refractivity contribution in [3.05, 3.63) is 17.9 Å². The van der Waals surface area contributed by atoms with Gasteiger partial charge in [0.05, 0.1) is 0 Å². The highest BCUT2D eigenvalue weighted by Crippen LogP contribution is 2.21. The second-order valence-electron chi connectivity index (χ2n) is 4.42. The normalized spacial score (nSPS) is 10.9. The lowest BCUT2D eigenvalue weighted by Gasteiger charge is -2.24. The third kappa shape index (κ3) is 3.62. The van der Waals surface area contributed by atoms with Crippen LogP contribution >= 0.6 is 0 Å². The van der Waals surface area contributed by atoms with Crippen LogP contribution in [-0.2, 0) is 0 Å². The molecule has 1 aromatic heterocycles. The van der Waals surface area contributed by atoms with E-state index in [0.29, 0.717) is 11.7 Å². The SMILES string of the molecule is CCC(CC)CN(CC)c1ccc(C(C)=O)o1. The van der Waals surface area contributed by atoms with Crippen molar-refractivity contribution in [3.63, 3.8) is 0 Å². The first-order chi connectivity index (χ1) is 8.12. The van der Waals surface area contributed by atoms with Crippen LogP contribution in [0.2, 0.25) is 0 Å². The molecule has 0 N–H and O–H groups in total. The predicted molar refractivity (Wildman–Crippen MR) is 70.7 cm³/mol. The fourth-order valence-electron chi connectivity index (χ4n) is 1.92. The van der Waals surface area contributed by atoms with Crippen molar-refractivity contribution in [1.29, 1.82) is 0 Å². The Morgan fingerprint density at radius 2 is 1.94 bits per heavy atom. The summed E-state index contributed by atoms with van der Waals surface area (Å²) in [5, 5.41) is 0. The molecule has 0 unspecified atom stereocenters. The average molecular weight is 237 g/mol. The number of carbonyl (C=O) groups is 1. The molecule has 0 spiro atoms. The molecule has 0 saturated heterocycles. The fourth-order valence-corrected chi connectivity index (χ4v) is 1.92. The fraction of sp³-hybridized carbons (Fsp3) is 0.643. The number of nitrogens with zero attached hydrogens (tertiary/aromatic N) is 1. The van der Waals surface area contributed by atoms with Crippen molar-refractivity contribution in [3.8, 4) is 0 Å². The Bertz CT molecular complexity index is 353. The molecule has 0 bridgehead atoms. The molecule has 0 fully saturated rings. The number of ketones is 1. The van der Waals surface area contributed by atoms with Crippen molar-refractivity contribution in [2.75, 3.05) is 18.0 Å². The first kappa shape index (κ1) is 13.8. The third-order valence-corrected chi connectivity index (χ3v) is 3.27. The maximum atomic E-state index is 11.2. The standard InChI is InChI=1S/C14H23NO2/c1-5-12(6-2)10-15(7-3)14-9-8-13(17-14)11(4)16/h8-9,12H,5-7,10H2,1-4H3. The molecule has 17 heavy (non-hydrogen) atoms. The Morgan fingerprint density at radius 3 is 2.35 bits per heavy atom. The number of anilines is 1. The van der Waals surface area contributed by atoms with Gasteiger partial charge in [0, 0.05) is 26.1 Å². The van der Waals surface area contributed by atoms with Crippen LogP contribution < -0.4 is 4.90 Å². The Morgan fingerprint density at radius 1 is 1.29 bits per heavy atom. The number of hydrogen-bond acceptors (Lipinski definition) is 3. The van der Waals surface area contributed by atoms with Gasteiger partial charge in [0.1, 0.15) is 0 Å². The lowest BCUT2D eigenvalue weighted by atomic mass is 10.0. The van der Waals surface area contributed by atoms with Gasteiger partial charge < -0.3 is 9.32 Å². The van der Waals surface area contributed by atoms with Crippen LogP contribution in [0.1, 0.15) is 51.1 Å². The topological polar surface area (TPSA) is 33.5 Å². The minimum atomic E-state index is -0.0187. The molecule has 1 aromatic rings. The highest BCUT2D eigenvalue weighted by Gasteiger charge is 2.15. The molecule has 1 heterocycles.